The van der Waals surface area contributed by atoms with Gasteiger partial charge in [0.05, 0.1) is 5.69 Å². The number of likely N-dealkylation sites (N-methyl/N-ethyl adjacent to an activating group) is 1. The number of rotatable bonds is 7. The largest absolute Gasteiger partial charge is 0.345 e. The molecule has 0 aliphatic heterocycles. The molecule has 0 aliphatic carbocycles. The van der Waals surface area contributed by atoms with Crippen molar-refractivity contribution in [3.8, 4) is 0 Å². The van der Waals surface area contributed by atoms with E-state index in [2.05, 4.69) is 24.8 Å². The van der Waals surface area contributed by atoms with Gasteiger partial charge in [0.1, 0.15) is 0 Å². The third-order valence-electron chi connectivity index (χ3n) is 4.35. The molecular formula is C19H26N2O. The van der Waals surface area contributed by atoms with E-state index in [0.29, 0.717) is 0 Å². The molecule has 1 aromatic heterocycles. The zero-order chi connectivity index (χ0) is 16.1. The van der Waals surface area contributed by atoms with Crippen molar-refractivity contribution >= 4 is 5.78 Å². The molecule has 3 heteroatoms. The Bertz CT molecular complexity index is 621. The summed E-state index contributed by atoms with van der Waals surface area (Å²) < 4.78 is 2.03. The van der Waals surface area contributed by atoms with Gasteiger partial charge in [0.2, 0.25) is 5.78 Å². The summed E-state index contributed by atoms with van der Waals surface area (Å²) in [4.78, 5) is 15.0. The molecule has 2 aromatic rings. The van der Waals surface area contributed by atoms with Crippen molar-refractivity contribution in [2.45, 2.75) is 27.2 Å². The Morgan fingerprint density at radius 3 is 2.27 bits per heavy atom. The number of nitrogens with zero attached hydrogens (tertiary/aromatic N) is 2. The fourth-order valence-corrected chi connectivity index (χ4v) is 2.70. The van der Waals surface area contributed by atoms with Crippen LogP contribution in [0.1, 0.15) is 41.2 Å². The molecule has 3 nitrogen and oxygen atoms in total. The second kappa shape index (κ2) is 7.41. The van der Waals surface area contributed by atoms with Crippen molar-refractivity contribution in [1.82, 2.24) is 9.47 Å². The highest BCUT2D eigenvalue weighted by molar-refractivity contribution is 6.08. The summed E-state index contributed by atoms with van der Waals surface area (Å²) in [6.45, 7) is 9.55. The molecule has 2 rings (SSSR count). The van der Waals surface area contributed by atoms with Crippen LogP contribution in [0.15, 0.2) is 36.4 Å². The van der Waals surface area contributed by atoms with Crippen LogP contribution in [-0.2, 0) is 13.5 Å². The molecule has 0 saturated carbocycles. The monoisotopic (exact) mass is 298 g/mol. The molecule has 0 fully saturated rings. The maximum absolute atomic E-state index is 12.6. The summed E-state index contributed by atoms with van der Waals surface area (Å²) in [6.07, 6.45) is 0.972. The molecule has 0 spiro atoms. The minimum absolute atomic E-state index is 0.0941. The summed E-state index contributed by atoms with van der Waals surface area (Å²) in [7, 11) is 1.99. The van der Waals surface area contributed by atoms with E-state index in [9.17, 15) is 4.79 Å². The Labute approximate surface area is 133 Å². The van der Waals surface area contributed by atoms with Crippen LogP contribution in [0, 0.1) is 6.92 Å². The van der Waals surface area contributed by atoms with E-state index in [1.54, 1.807) is 0 Å². The van der Waals surface area contributed by atoms with E-state index < -0.39 is 0 Å². The van der Waals surface area contributed by atoms with Gasteiger partial charge >= 0.3 is 0 Å². The Morgan fingerprint density at radius 1 is 1.05 bits per heavy atom. The minimum Gasteiger partial charge on any atom is -0.345 e. The van der Waals surface area contributed by atoms with Crippen LogP contribution < -0.4 is 0 Å². The molecule has 0 aliphatic rings. The Balaban J connectivity index is 2.13. The first-order valence-electron chi connectivity index (χ1n) is 8.05. The molecule has 0 atom stereocenters. The van der Waals surface area contributed by atoms with Crippen molar-refractivity contribution in [3.05, 3.63) is 58.9 Å². The minimum atomic E-state index is 0.0941. The lowest BCUT2D eigenvalue weighted by Gasteiger charge is -2.18. The van der Waals surface area contributed by atoms with Gasteiger partial charge in [-0.3, -0.25) is 4.79 Å². The fourth-order valence-electron chi connectivity index (χ4n) is 2.70. The number of aryl methyl sites for hydroxylation is 1. The van der Waals surface area contributed by atoms with E-state index >= 15 is 0 Å². The molecule has 0 N–H and O–H groups in total. The van der Waals surface area contributed by atoms with Gasteiger partial charge in [0.25, 0.3) is 0 Å². The van der Waals surface area contributed by atoms with Gasteiger partial charge in [-0.1, -0.05) is 43.7 Å². The molecule has 0 bridgehead atoms. The fraction of sp³-hybridized carbons (Fsp3) is 0.421. The van der Waals surface area contributed by atoms with Crippen LogP contribution in [0.5, 0.6) is 0 Å². The first-order valence-corrected chi connectivity index (χ1v) is 8.05. The number of benzene rings is 1. The van der Waals surface area contributed by atoms with Crippen LogP contribution in [0.2, 0.25) is 0 Å². The standard InChI is InChI=1S/C19H26N2O/c1-5-21(6-2)14-13-17-11-12-18(20(17)4)19(22)16-9-7-15(3)8-10-16/h7-12H,5-6,13-14H2,1-4H3. The van der Waals surface area contributed by atoms with E-state index in [4.69, 9.17) is 0 Å². The summed E-state index contributed by atoms with van der Waals surface area (Å²) >= 11 is 0. The lowest BCUT2D eigenvalue weighted by atomic mass is 10.1. The van der Waals surface area contributed by atoms with Gasteiger partial charge in [-0.15, -0.1) is 0 Å². The SMILES string of the molecule is CCN(CC)CCc1ccc(C(=O)c2ccc(C)cc2)n1C. The van der Waals surface area contributed by atoms with E-state index in [1.165, 1.54) is 11.3 Å². The Hall–Kier alpha value is -1.87. The summed E-state index contributed by atoms with van der Waals surface area (Å²) in [6, 6.07) is 11.8. The van der Waals surface area contributed by atoms with Crippen LogP contribution >= 0.6 is 0 Å². The number of carbonyl (C=O) groups is 1. The van der Waals surface area contributed by atoms with Gasteiger partial charge in [-0.2, -0.15) is 0 Å². The zero-order valence-corrected chi connectivity index (χ0v) is 14.1. The topological polar surface area (TPSA) is 25.2 Å². The number of carbonyl (C=O) groups excluding carboxylic acids is 1. The van der Waals surface area contributed by atoms with E-state index in [0.717, 1.165) is 37.3 Å². The van der Waals surface area contributed by atoms with Crippen molar-refractivity contribution < 1.29 is 4.79 Å². The molecule has 0 radical (unpaired) electrons. The summed E-state index contributed by atoms with van der Waals surface area (Å²) in [5.41, 5.74) is 3.89. The average Bonchev–Trinajstić information content (AvgIpc) is 2.89. The molecule has 1 aromatic carbocycles. The maximum atomic E-state index is 12.6. The third kappa shape index (κ3) is 3.66. The predicted molar refractivity (Wildman–Crippen MR) is 91.5 cm³/mol. The summed E-state index contributed by atoms with van der Waals surface area (Å²) in [5.74, 6) is 0.0941. The molecule has 1 heterocycles. The second-order valence-corrected chi connectivity index (χ2v) is 5.74. The predicted octanol–water partition coefficient (Wildman–Crippen LogP) is 3.45. The zero-order valence-electron chi connectivity index (χ0n) is 14.1. The molecule has 22 heavy (non-hydrogen) atoms. The molecule has 0 saturated heterocycles. The highest BCUT2D eigenvalue weighted by Crippen LogP contribution is 2.14. The smallest absolute Gasteiger partial charge is 0.209 e. The van der Waals surface area contributed by atoms with Gasteiger partial charge in [0.15, 0.2) is 0 Å². The lowest BCUT2D eigenvalue weighted by Crippen LogP contribution is -2.26. The van der Waals surface area contributed by atoms with E-state index in [1.807, 2.05) is 48.9 Å². The highest BCUT2D eigenvalue weighted by Gasteiger charge is 2.14. The van der Waals surface area contributed by atoms with Crippen molar-refractivity contribution in [3.63, 3.8) is 0 Å². The average molecular weight is 298 g/mol. The molecular weight excluding hydrogens is 272 g/mol. The van der Waals surface area contributed by atoms with Gasteiger partial charge < -0.3 is 9.47 Å². The van der Waals surface area contributed by atoms with Crippen molar-refractivity contribution in [2.75, 3.05) is 19.6 Å². The number of hydrogen-bond donors (Lipinski definition) is 0. The van der Waals surface area contributed by atoms with E-state index in [-0.39, 0.29) is 5.78 Å². The summed E-state index contributed by atoms with van der Waals surface area (Å²) in [5, 5.41) is 0. The van der Waals surface area contributed by atoms with Gasteiger partial charge in [-0.05, 0) is 32.1 Å². The van der Waals surface area contributed by atoms with Crippen LogP contribution in [-0.4, -0.2) is 34.9 Å². The molecule has 118 valence electrons. The molecule has 0 amide bonds. The van der Waals surface area contributed by atoms with Crippen LogP contribution in [0.4, 0.5) is 0 Å². The van der Waals surface area contributed by atoms with Crippen molar-refractivity contribution in [1.29, 1.82) is 0 Å². The number of ketones is 1. The lowest BCUT2D eigenvalue weighted by molar-refractivity contribution is 0.103. The van der Waals surface area contributed by atoms with Crippen LogP contribution in [0.25, 0.3) is 0 Å². The first-order chi connectivity index (χ1) is 10.6. The van der Waals surface area contributed by atoms with Crippen LogP contribution in [0.3, 0.4) is 0 Å². The number of hydrogen-bond acceptors (Lipinski definition) is 2. The molecule has 0 unspecified atom stereocenters. The van der Waals surface area contributed by atoms with Crippen molar-refractivity contribution in [2.24, 2.45) is 7.05 Å². The first kappa shape index (κ1) is 16.5. The highest BCUT2D eigenvalue weighted by atomic mass is 16.1. The second-order valence-electron chi connectivity index (χ2n) is 5.74. The Morgan fingerprint density at radius 2 is 1.68 bits per heavy atom. The van der Waals surface area contributed by atoms with Gasteiger partial charge in [-0.25, -0.2) is 0 Å². The number of aromatic nitrogens is 1. The van der Waals surface area contributed by atoms with Gasteiger partial charge in [0, 0.05) is 31.3 Å². The quantitative estimate of drug-likeness (QED) is 0.732. The maximum Gasteiger partial charge on any atom is 0.209 e. The normalized spacial score (nSPS) is 11.1. The third-order valence-corrected chi connectivity index (χ3v) is 4.35. The Kier molecular flexibility index (Phi) is 5.56.